The lowest BCUT2D eigenvalue weighted by Gasteiger charge is -2.37. The number of likely N-dealkylation sites (tertiary alicyclic amines) is 1. The van der Waals surface area contributed by atoms with E-state index >= 15 is 0 Å². The van der Waals surface area contributed by atoms with Crippen LogP contribution in [0.2, 0.25) is 0 Å². The summed E-state index contributed by atoms with van der Waals surface area (Å²) < 4.78 is 19.2. The van der Waals surface area contributed by atoms with Crippen molar-refractivity contribution in [3.8, 4) is 0 Å². The first-order valence-corrected chi connectivity index (χ1v) is 7.26. The van der Waals surface area contributed by atoms with E-state index in [0.29, 0.717) is 25.1 Å². The van der Waals surface area contributed by atoms with Gasteiger partial charge in [0.05, 0.1) is 0 Å². The molecule has 0 saturated carbocycles. The Hall–Kier alpha value is -1.62. The predicted octanol–water partition coefficient (Wildman–Crippen LogP) is 2.88. The molecular formula is C16H23FN2O2. The zero-order chi connectivity index (χ0) is 15.6. The SMILES string of the molecule is CC(C)(C)OC(=O)N1CC[C@H](c2ccccc2F)[C@@H](N)C1. The number of halogens is 1. The minimum absolute atomic E-state index is 0.0649. The van der Waals surface area contributed by atoms with Crippen LogP contribution in [0.5, 0.6) is 0 Å². The quantitative estimate of drug-likeness (QED) is 0.866. The molecule has 0 bridgehead atoms. The Morgan fingerprint density at radius 1 is 1.38 bits per heavy atom. The van der Waals surface area contributed by atoms with E-state index in [2.05, 4.69) is 0 Å². The number of hydrogen-bond acceptors (Lipinski definition) is 3. The number of rotatable bonds is 1. The van der Waals surface area contributed by atoms with Crippen LogP contribution < -0.4 is 5.73 Å². The molecule has 5 heteroatoms. The Bertz CT molecular complexity index is 513. The van der Waals surface area contributed by atoms with Crippen molar-refractivity contribution in [3.05, 3.63) is 35.6 Å². The van der Waals surface area contributed by atoms with Crippen molar-refractivity contribution in [3.63, 3.8) is 0 Å². The van der Waals surface area contributed by atoms with Crippen LogP contribution in [0.3, 0.4) is 0 Å². The van der Waals surface area contributed by atoms with Crippen LogP contribution in [0, 0.1) is 5.82 Å². The first-order valence-electron chi connectivity index (χ1n) is 7.26. The largest absolute Gasteiger partial charge is 0.444 e. The molecule has 0 unspecified atom stereocenters. The number of nitrogens with two attached hydrogens (primary N) is 1. The molecule has 1 fully saturated rings. The van der Waals surface area contributed by atoms with Crippen LogP contribution in [0.1, 0.15) is 38.7 Å². The highest BCUT2D eigenvalue weighted by molar-refractivity contribution is 5.68. The van der Waals surface area contributed by atoms with Gasteiger partial charge in [0.1, 0.15) is 11.4 Å². The van der Waals surface area contributed by atoms with Crippen molar-refractivity contribution in [2.45, 2.75) is 44.8 Å². The number of benzene rings is 1. The average Bonchev–Trinajstić information content (AvgIpc) is 2.38. The Morgan fingerprint density at radius 3 is 2.62 bits per heavy atom. The fourth-order valence-corrected chi connectivity index (χ4v) is 2.64. The molecule has 2 atom stereocenters. The van der Waals surface area contributed by atoms with Gasteiger partial charge in [-0.15, -0.1) is 0 Å². The van der Waals surface area contributed by atoms with Gasteiger partial charge in [0, 0.05) is 25.0 Å². The molecule has 1 heterocycles. The third-order valence-electron chi connectivity index (χ3n) is 3.61. The highest BCUT2D eigenvalue weighted by Crippen LogP contribution is 2.29. The fourth-order valence-electron chi connectivity index (χ4n) is 2.64. The summed E-state index contributed by atoms with van der Waals surface area (Å²) in [6, 6.07) is 6.40. The van der Waals surface area contributed by atoms with E-state index in [0.717, 1.165) is 0 Å². The Labute approximate surface area is 125 Å². The van der Waals surface area contributed by atoms with Crippen molar-refractivity contribution in [1.82, 2.24) is 4.90 Å². The maximum Gasteiger partial charge on any atom is 0.410 e. The minimum atomic E-state index is -0.524. The summed E-state index contributed by atoms with van der Waals surface area (Å²) in [7, 11) is 0. The van der Waals surface area contributed by atoms with E-state index in [1.165, 1.54) is 6.07 Å². The summed E-state index contributed by atoms with van der Waals surface area (Å²) in [5, 5.41) is 0. The number of piperidine rings is 1. The molecule has 1 aliphatic heterocycles. The Morgan fingerprint density at radius 2 is 2.05 bits per heavy atom. The van der Waals surface area contributed by atoms with Crippen LogP contribution in [-0.4, -0.2) is 35.7 Å². The first-order chi connectivity index (χ1) is 9.78. The highest BCUT2D eigenvalue weighted by Gasteiger charge is 2.33. The maximum absolute atomic E-state index is 13.9. The number of hydrogen-bond donors (Lipinski definition) is 1. The van der Waals surface area contributed by atoms with E-state index in [1.807, 2.05) is 26.8 Å². The second kappa shape index (κ2) is 6.02. The van der Waals surface area contributed by atoms with E-state index in [1.54, 1.807) is 17.0 Å². The normalized spacial score (nSPS) is 23.0. The second-order valence-corrected chi connectivity index (χ2v) is 6.51. The van der Waals surface area contributed by atoms with Crippen LogP contribution in [-0.2, 0) is 4.74 Å². The molecule has 0 spiro atoms. The smallest absolute Gasteiger partial charge is 0.410 e. The predicted molar refractivity (Wildman–Crippen MR) is 79.5 cm³/mol. The van der Waals surface area contributed by atoms with Crippen LogP contribution in [0.25, 0.3) is 0 Å². The topological polar surface area (TPSA) is 55.6 Å². The van der Waals surface area contributed by atoms with Crippen LogP contribution >= 0.6 is 0 Å². The molecule has 0 aromatic heterocycles. The number of ether oxygens (including phenoxy) is 1. The molecule has 2 N–H and O–H groups in total. The summed E-state index contributed by atoms with van der Waals surface area (Å²) >= 11 is 0. The molecule has 21 heavy (non-hydrogen) atoms. The Kier molecular flexibility index (Phi) is 4.52. The van der Waals surface area contributed by atoms with Gasteiger partial charge in [0.15, 0.2) is 0 Å². The Balaban J connectivity index is 2.03. The number of nitrogens with zero attached hydrogens (tertiary/aromatic N) is 1. The van der Waals surface area contributed by atoms with Crippen molar-refractivity contribution in [2.24, 2.45) is 5.73 Å². The van der Waals surface area contributed by atoms with Crippen molar-refractivity contribution in [1.29, 1.82) is 0 Å². The molecule has 116 valence electrons. The molecule has 4 nitrogen and oxygen atoms in total. The van der Waals surface area contributed by atoms with Gasteiger partial charge in [-0.3, -0.25) is 0 Å². The summed E-state index contributed by atoms with van der Waals surface area (Å²) in [6.45, 7) is 6.40. The molecule has 1 amide bonds. The van der Waals surface area contributed by atoms with Gasteiger partial charge < -0.3 is 15.4 Å². The fraction of sp³-hybridized carbons (Fsp3) is 0.562. The molecule has 0 aliphatic carbocycles. The van der Waals surface area contributed by atoms with E-state index in [-0.39, 0.29) is 23.9 Å². The van der Waals surface area contributed by atoms with Gasteiger partial charge in [-0.05, 0) is 38.8 Å². The minimum Gasteiger partial charge on any atom is -0.444 e. The van der Waals surface area contributed by atoms with Gasteiger partial charge >= 0.3 is 6.09 Å². The van der Waals surface area contributed by atoms with E-state index < -0.39 is 5.60 Å². The molecule has 0 radical (unpaired) electrons. The summed E-state index contributed by atoms with van der Waals surface area (Å²) in [5.74, 6) is -0.298. The van der Waals surface area contributed by atoms with Gasteiger partial charge in [-0.1, -0.05) is 18.2 Å². The zero-order valence-electron chi connectivity index (χ0n) is 12.8. The molecule has 1 aromatic carbocycles. The summed E-state index contributed by atoms with van der Waals surface area (Å²) in [6.07, 6.45) is 0.284. The molecular weight excluding hydrogens is 271 g/mol. The number of carbonyl (C=O) groups excluding carboxylic acids is 1. The zero-order valence-corrected chi connectivity index (χ0v) is 12.8. The van der Waals surface area contributed by atoms with Gasteiger partial charge in [-0.2, -0.15) is 0 Å². The van der Waals surface area contributed by atoms with Crippen LogP contribution in [0.15, 0.2) is 24.3 Å². The lowest BCUT2D eigenvalue weighted by Crippen LogP contribution is -2.50. The van der Waals surface area contributed by atoms with Crippen LogP contribution in [0.4, 0.5) is 9.18 Å². The first kappa shape index (κ1) is 15.8. The van der Waals surface area contributed by atoms with Crippen molar-refractivity contribution >= 4 is 6.09 Å². The lowest BCUT2D eigenvalue weighted by atomic mass is 9.85. The molecule has 1 aromatic rings. The van der Waals surface area contributed by atoms with Crippen molar-refractivity contribution in [2.75, 3.05) is 13.1 Å². The van der Waals surface area contributed by atoms with E-state index in [9.17, 15) is 9.18 Å². The highest BCUT2D eigenvalue weighted by atomic mass is 19.1. The summed E-state index contributed by atoms with van der Waals surface area (Å²) in [4.78, 5) is 13.6. The number of amides is 1. The average molecular weight is 294 g/mol. The van der Waals surface area contributed by atoms with Gasteiger partial charge in [0.25, 0.3) is 0 Å². The second-order valence-electron chi connectivity index (χ2n) is 6.51. The third kappa shape index (κ3) is 3.94. The monoisotopic (exact) mass is 294 g/mol. The molecule has 1 saturated heterocycles. The third-order valence-corrected chi connectivity index (χ3v) is 3.61. The van der Waals surface area contributed by atoms with Gasteiger partial charge in [-0.25, -0.2) is 9.18 Å². The standard InChI is InChI=1S/C16H23FN2O2/c1-16(2,3)21-15(20)19-9-8-12(14(18)10-19)11-6-4-5-7-13(11)17/h4-7,12,14H,8-10,18H2,1-3H3/t12-,14+/m1/s1. The lowest BCUT2D eigenvalue weighted by molar-refractivity contribution is 0.0186. The van der Waals surface area contributed by atoms with E-state index in [4.69, 9.17) is 10.5 Å². The number of carbonyl (C=O) groups is 1. The summed E-state index contributed by atoms with van der Waals surface area (Å²) in [5.41, 5.74) is 6.26. The van der Waals surface area contributed by atoms with Crippen molar-refractivity contribution < 1.29 is 13.9 Å². The van der Waals surface area contributed by atoms with Gasteiger partial charge in [0.2, 0.25) is 0 Å². The molecule has 1 aliphatic rings. The maximum atomic E-state index is 13.9. The molecule has 2 rings (SSSR count).